The third-order valence-corrected chi connectivity index (χ3v) is 3.44. The largest absolute Gasteiger partial charge is 0.494 e. The second kappa shape index (κ2) is 7.92. The molecular weight excluding hydrogens is 333 g/mol. The molecule has 0 radical (unpaired) electrons. The SMILES string of the molecule is CCOc1ccc(CN(C)C(=O)Nc2cccc(C(F)(F)F)c2)cc1. The van der Waals surface area contributed by atoms with Crippen LogP contribution in [0.3, 0.4) is 0 Å². The topological polar surface area (TPSA) is 41.6 Å². The van der Waals surface area contributed by atoms with E-state index in [0.29, 0.717) is 13.2 Å². The molecule has 0 saturated carbocycles. The van der Waals surface area contributed by atoms with E-state index in [4.69, 9.17) is 4.74 Å². The number of nitrogens with one attached hydrogen (secondary N) is 1. The molecule has 2 aromatic carbocycles. The van der Waals surface area contributed by atoms with Crippen LogP contribution >= 0.6 is 0 Å². The predicted molar refractivity (Wildman–Crippen MR) is 89.5 cm³/mol. The second-order valence-corrected chi connectivity index (χ2v) is 5.44. The van der Waals surface area contributed by atoms with Gasteiger partial charge in [-0.15, -0.1) is 0 Å². The number of urea groups is 1. The number of rotatable bonds is 5. The van der Waals surface area contributed by atoms with Gasteiger partial charge in [-0.25, -0.2) is 4.79 Å². The lowest BCUT2D eigenvalue weighted by molar-refractivity contribution is -0.137. The molecule has 7 heteroatoms. The minimum atomic E-state index is -4.45. The lowest BCUT2D eigenvalue weighted by Gasteiger charge is -2.19. The maximum Gasteiger partial charge on any atom is 0.416 e. The minimum Gasteiger partial charge on any atom is -0.494 e. The molecule has 0 spiro atoms. The van der Waals surface area contributed by atoms with E-state index < -0.39 is 17.8 Å². The van der Waals surface area contributed by atoms with E-state index in [2.05, 4.69) is 5.32 Å². The Kier molecular flexibility index (Phi) is 5.90. The number of alkyl halides is 3. The molecule has 0 atom stereocenters. The fourth-order valence-corrected chi connectivity index (χ4v) is 2.20. The molecule has 0 bridgehead atoms. The number of carbonyl (C=O) groups excluding carboxylic acids is 1. The standard InChI is InChI=1S/C18H19F3N2O2/c1-3-25-16-9-7-13(8-10-16)12-23(2)17(24)22-15-6-4-5-14(11-15)18(19,20)21/h4-11H,3,12H2,1-2H3,(H,22,24). The number of carbonyl (C=O) groups is 1. The van der Waals surface area contributed by atoms with Crippen LogP contribution in [0.2, 0.25) is 0 Å². The average molecular weight is 352 g/mol. The van der Waals surface area contributed by atoms with Gasteiger partial charge in [0, 0.05) is 19.3 Å². The van der Waals surface area contributed by atoms with Gasteiger partial charge in [0.25, 0.3) is 0 Å². The number of amides is 2. The molecule has 0 aromatic heterocycles. The molecule has 0 aliphatic heterocycles. The van der Waals surface area contributed by atoms with Gasteiger partial charge in [-0.05, 0) is 42.8 Å². The fraction of sp³-hybridized carbons (Fsp3) is 0.278. The van der Waals surface area contributed by atoms with Crippen molar-refractivity contribution in [3.8, 4) is 5.75 Å². The smallest absolute Gasteiger partial charge is 0.416 e. The normalized spacial score (nSPS) is 11.1. The zero-order chi connectivity index (χ0) is 18.4. The molecule has 0 saturated heterocycles. The summed E-state index contributed by atoms with van der Waals surface area (Å²) >= 11 is 0. The van der Waals surface area contributed by atoms with Crippen LogP contribution in [0.25, 0.3) is 0 Å². The summed E-state index contributed by atoms with van der Waals surface area (Å²) in [6.45, 7) is 2.77. The summed E-state index contributed by atoms with van der Waals surface area (Å²) in [5.41, 5.74) is 0.169. The van der Waals surface area contributed by atoms with E-state index in [-0.39, 0.29) is 5.69 Å². The Morgan fingerprint density at radius 2 is 1.84 bits per heavy atom. The number of hydrogen-bond acceptors (Lipinski definition) is 2. The highest BCUT2D eigenvalue weighted by Crippen LogP contribution is 2.30. The molecule has 0 aliphatic rings. The molecule has 25 heavy (non-hydrogen) atoms. The zero-order valence-corrected chi connectivity index (χ0v) is 13.9. The molecule has 0 fully saturated rings. The van der Waals surface area contributed by atoms with E-state index in [9.17, 15) is 18.0 Å². The van der Waals surface area contributed by atoms with Crippen molar-refractivity contribution in [1.29, 1.82) is 0 Å². The quantitative estimate of drug-likeness (QED) is 0.842. The van der Waals surface area contributed by atoms with Gasteiger partial charge in [-0.2, -0.15) is 13.2 Å². The van der Waals surface area contributed by atoms with Crippen molar-refractivity contribution in [2.24, 2.45) is 0 Å². The second-order valence-electron chi connectivity index (χ2n) is 5.44. The summed E-state index contributed by atoms with van der Waals surface area (Å²) in [6, 6.07) is 11.3. The third kappa shape index (κ3) is 5.41. The number of halogens is 3. The molecule has 1 N–H and O–H groups in total. The van der Waals surface area contributed by atoms with Crippen LogP contribution in [0.4, 0.5) is 23.7 Å². The first-order valence-corrected chi connectivity index (χ1v) is 7.70. The molecule has 2 rings (SSSR count). The van der Waals surface area contributed by atoms with Gasteiger partial charge in [0.05, 0.1) is 12.2 Å². The summed E-state index contributed by atoms with van der Waals surface area (Å²) in [4.78, 5) is 13.5. The van der Waals surface area contributed by atoms with Crippen molar-refractivity contribution in [2.75, 3.05) is 19.0 Å². The lowest BCUT2D eigenvalue weighted by Crippen LogP contribution is -2.30. The summed E-state index contributed by atoms with van der Waals surface area (Å²) in [5, 5.41) is 2.47. The first-order valence-electron chi connectivity index (χ1n) is 7.70. The minimum absolute atomic E-state index is 0.0957. The molecule has 2 amide bonds. The van der Waals surface area contributed by atoms with Gasteiger partial charge in [-0.1, -0.05) is 18.2 Å². The Morgan fingerprint density at radius 1 is 1.16 bits per heavy atom. The average Bonchev–Trinajstić information content (AvgIpc) is 2.56. The van der Waals surface area contributed by atoms with Crippen LogP contribution in [0.15, 0.2) is 48.5 Å². The van der Waals surface area contributed by atoms with E-state index in [1.165, 1.54) is 17.0 Å². The molecule has 0 heterocycles. The zero-order valence-electron chi connectivity index (χ0n) is 13.9. The van der Waals surface area contributed by atoms with Crippen LogP contribution in [-0.4, -0.2) is 24.6 Å². The Labute approximate surface area is 144 Å². The maximum atomic E-state index is 12.7. The Hall–Kier alpha value is -2.70. The summed E-state index contributed by atoms with van der Waals surface area (Å²) in [5.74, 6) is 0.738. The highest BCUT2D eigenvalue weighted by atomic mass is 19.4. The van der Waals surface area contributed by atoms with Gasteiger partial charge in [-0.3, -0.25) is 0 Å². The monoisotopic (exact) mass is 352 g/mol. The summed E-state index contributed by atoms with van der Waals surface area (Å²) in [7, 11) is 1.57. The molecule has 134 valence electrons. The van der Waals surface area contributed by atoms with Crippen molar-refractivity contribution in [1.82, 2.24) is 4.90 Å². The van der Waals surface area contributed by atoms with Gasteiger partial charge in [0.15, 0.2) is 0 Å². The van der Waals surface area contributed by atoms with Crippen LogP contribution in [0.5, 0.6) is 5.75 Å². The van der Waals surface area contributed by atoms with Crippen molar-refractivity contribution >= 4 is 11.7 Å². The van der Waals surface area contributed by atoms with Gasteiger partial charge < -0.3 is 15.0 Å². The van der Waals surface area contributed by atoms with Crippen LogP contribution < -0.4 is 10.1 Å². The van der Waals surface area contributed by atoms with Gasteiger partial charge >= 0.3 is 12.2 Å². The Bertz CT molecular complexity index is 715. The third-order valence-electron chi connectivity index (χ3n) is 3.44. The molecule has 2 aromatic rings. The highest BCUT2D eigenvalue weighted by Gasteiger charge is 2.30. The first kappa shape index (κ1) is 18.6. The number of hydrogen-bond donors (Lipinski definition) is 1. The number of anilines is 1. The van der Waals surface area contributed by atoms with Crippen molar-refractivity contribution in [3.63, 3.8) is 0 Å². The molecular formula is C18H19F3N2O2. The number of benzene rings is 2. The van der Waals surface area contributed by atoms with Gasteiger partial charge in [0.2, 0.25) is 0 Å². The Balaban J connectivity index is 1.98. The molecule has 0 aliphatic carbocycles. The van der Waals surface area contributed by atoms with Gasteiger partial charge in [0.1, 0.15) is 5.75 Å². The Morgan fingerprint density at radius 3 is 2.44 bits per heavy atom. The predicted octanol–water partition coefficient (Wildman–Crippen LogP) is 4.77. The van der Waals surface area contributed by atoms with Crippen LogP contribution in [-0.2, 0) is 12.7 Å². The van der Waals surface area contributed by atoms with Crippen molar-refractivity contribution < 1.29 is 22.7 Å². The fourth-order valence-electron chi connectivity index (χ4n) is 2.20. The van der Waals surface area contributed by atoms with E-state index in [1.54, 1.807) is 19.2 Å². The summed E-state index contributed by atoms with van der Waals surface area (Å²) in [6.07, 6.45) is -4.45. The van der Waals surface area contributed by atoms with E-state index in [0.717, 1.165) is 23.4 Å². The van der Waals surface area contributed by atoms with Crippen LogP contribution in [0, 0.1) is 0 Å². The lowest BCUT2D eigenvalue weighted by atomic mass is 10.2. The van der Waals surface area contributed by atoms with Crippen molar-refractivity contribution in [2.45, 2.75) is 19.6 Å². The maximum absolute atomic E-state index is 12.7. The first-order chi connectivity index (χ1) is 11.8. The molecule has 0 unspecified atom stereocenters. The summed E-state index contributed by atoms with van der Waals surface area (Å²) < 4.78 is 43.5. The number of ether oxygens (including phenoxy) is 1. The highest BCUT2D eigenvalue weighted by molar-refractivity contribution is 5.89. The van der Waals surface area contributed by atoms with E-state index >= 15 is 0 Å². The van der Waals surface area contributed by atoms with Crippen LogP contribution in [0.1, 0.15) is 18.1 Å². The number of nitrogens with zero attached hydrogens (tertiary/aromatic N) is 1. The molecule has 4 nitrogen and oxygen atoms in total. The van der Waals surface area contributed by atoms with E-state index in [1.807, 2.05) is 19.1 Å². The van der Waals surface area contributed by atoms with Crippen molar-refractivity contribution in [3.05, 3.63) is 59.7 Å².